The van der Waals surface area contributed by atoms with Crippen molar-refractivity contribution in [2.24, 2.45) is 0 Å². The molecule has 5 nitrogen and oxygen atoms in total. The number of ether oxygens (including phenoxy) is 1. The van der Waals surface area contributed by atoms with Gasteiger partial charge in [0, 0.05) is 5.56 Å². The topological polar surface area (TPSA) is 65.2 Å². The summed E-state index contributed by atoms with van der Waals surface area (Å²) in [5, 5.41) is 8.77. The van der Waals surface area contributed by atoms with E-state index in [0.717, 1.165) is 18.4 Å². The Bertz CT molecular complexity index is 973. The van der Waals surface area contributed by atoms with Gasteiger partial charge in [0.2, 0.25) is 0 Å². The SMILES string of the molecule is O=C(CSc1nnc(COc2ccccc2Cl)o1)c1ccc2c(c1)CCC2. The van der Waals surface area contributed by atoms with Gasteiger partial charge in [0.25, 0.3) is 11.1 Å². The van der Waals surface area contributed by atoms with Crippen molar-refractivity contribution in [3.05, 3.63) is 70.1 Å². The second-order valence-electron chi connectivity index (χ2n) is 6.23. The summed E-state index contributed by atoms with van der Waals surface area (Å²) in [7, 11) is 0. The first-order valence-electron chi connectivity index (χ1n) is 8.66. The number of thioether (sulfide) groups is 1. The molecule has 0 amide bonds. The molecule has 0 aliphatic heterocycles. The van der Waals surface area contributed by atoms with Crippen molar-refractivity contribution >= 4 is 29.1 Å². The van der Waals surface area contributed by atoms with Gasteiger partial charge in [-0.05, 0) is 48.6 Å². The van der Waals surface area contributed by atoms with Gasteiger partial charge in [0.1, 0.15) is 5.75 Å². The smallest absolute Gasteiger partial charge is 0.277 e. The summed E-state index contributed by atoms with van der Waals surface area (Å²) in [6.07, 6.45) is 3.34. The number of nitrogens with zero attached hydrogens (tertiary/aromatic N) is 2. The molecule has 3 aromatic rings. The monoisotopic (exact) mass is 400 g/mol. The fourth-order valence-corrected chi connectivity index (χ4v) is 3.88. The van der Waals surface area contributed by atoms with Crippen LogP contribution in [0.5, 0.6) is 5.75 Å². The van der Waals surface area contributed by atoms with E-state index < -0.39 is 0 Å². The predicted octanol–water partition coefficient (Wildman–Crippen LogP) is 4.77. The van der Waals surface area contributed by atoms with Crippen molar-refractivity contribution in [3.8, 4) is 5.75 Å². The van der Waals surface area contributed by atoms with E-state index in [1.165, 1.54) is 29.3 Å². The van der Waals surface area contributed by atoms with Gasteiger partial charge in [-0.2, -0.15) is 0 Å². The number of carbonyl (C=O) groups excluding carboxylic acids is 1. The molecule has 1 heterocycles. The number of ketones is 1. The maximum Gasteiger partial charge on any atom is 0.277 e. The molecule has 0 fully saturated rings. The predicted molar refractivity (Wildman–Crippen MR) is 104 cm³/mol. The Labute approximate surface area is 166 Å². The van der Waals surface area contributed by atoms with E-state index in [1.54, 1.807) is 12.1 Å². The third-order valence-electron chi connectivity index (χ3n) is 4.38. The summed E-state index contributed by atoms with van der Waals surface area (Å²) in [6.45, 7) is 0.121. The van der Waals surface area contributed by atoms with Gasteiger partial charge in [-0.3, -0.25) is 4.79 Å². The number of aromatic nitrogens is 2. The Morgan fingerprint density at radius 1 is 1.15 bits per heavy atom. The van der Waals surface area contributed by atoms with Crippen LogP contribution in [0.1, 0.15) is 33.8 Å². The molecule has 27 heavy (non-hydrogen) atoms. The Hall–Kier alpha value is -2.31. The first-order valence-corrected chi connectivity index (χ1v) is 10.0. The molecule has 138 valence electrons. The Kier molecular flexibility index (Phi) is 5.45. The number of fused-ring (bicyclic) bond motifs is 1. The molecule has 0 atom stereocenters. The van der Waals surface area contributed by atoms with Crippen LogP contribution in [0.3, 0.4) is 0 Å². The molecule has 0 unspecified atom stereocenters. The molecule has 0 saturated heterocycles. The number of para-hydroxylation sites is 1. The van der Waals surface area contributed by atoms with Gasteiger partial charge in [-0.1, -0.05) is 47.6 Å². The van der Waals surface area contributed by atoms with E-state index in [9.17, 15) is 4.79 Å². The second-order valence-corrected chi connectivity index (χ2v) is 7.56. The largest absolute Gasteiger partial charge is 0.482 e. The first-order chi connectivity index (χ1) is 13.2. The number of rotatable bonds is 7. The average Bonchev–Trinajstić information content (AvgIpc) is 3.34. The van der Waals surface area contributed by atoms with Crippen LogP contribution < -0.4 is 4.74 Å². The van der Waals surface area contributed by atoms with E-state index in [4.69, 9.17) is 20.8 Å². The fourth-order valence-electron chi connectivity index (χ4n) is 3.01. The fraction of sp³-hybridized carbons (Fsp3) is 0.250. The maximum absolute atomic E-state index is 12.4. The molecule has 2 aromatic carbocycles. The molecule has 1 aromatic heterocycles. The number of benzene rings is 2. The van der Waals surface area contributed by atoms with Crippen LogP contribution >= 0.6 is 23.4 Å². The van der Waals surface area contributed by atoms with Crippen LogP contribution in [0.2, 0.25) is 5.02 Å². The van der Waals surface area contributed by atoms with Gasteiger partial charge < -0.3 is 9.15 Å². The lowest BCUT2D eigenvalue weighted by molar-refractivity contribution is 0.102. The maximum atomic E-state index is 12.4. The molecule has 1 aliphatic rings. The van der Waals surface area contributed by atoms with E-state index in [2.05, 4.69) is 16.3 Å². The van der Waals surface area contributed by atoms with Gasteiger partial charge in [0.05, 0.1) is 10.8 Å². The van der Waals surface area contributed by atoms with Crippen molar-refractivity contribution in [2.75, 3.05) is 5.75 Å². The van der Waals surface area contributed by atoms with E-state index in [1.807, 2.05) is 24.3 Å². The molecular formula is C20H17ClN2O3S. The molecule has 0 spiro atoms. The summed E-state index contributed by atoms with van der Waals surface area (Å²) < 4.78 is 11.1. The second kappa shape index (κ2) is 8.15. The van der Waals surface area contributed by atoms with Crippen LogP contribution in [0.25, 0.3) is 0 Å². The molecule has 0 N–H and O–H groups in total. The van der Waals surface area contributed by atoms with Gasteiger partial charge in [-0.15, -0.1) is 10.2 Å². The summed E-state index contributed by atoms with van der Waals surface area (Å²) in [4.78, 5) is 12.4. The summed E-state index contributed by atoms with van der Waals surface area (Å²) in [5.74, 6) is 1.20. The highest BCUT2D eigenvalue weighted by Gasteiger charge is 2.16. The lowest BCUT2D eigenvalue weighted by Gasteiger charge is -2.04. The first kappa shape index (κ1) is 18.1. The Morgan fingerprint density at radius 2 is 2.00 bits per heavy atom. The average molecular weight is 401 g/mol. The minimum Gasteiger partial charge on any atom is -0.482 e. The molecule has 7 heteroatoms. The third kappa shape index (κ3) is 4.34. The van der Waals surface area contributed by atoms with Crippen LogP contribution in [0, 0.1) is 0 Å². The number of carbonyl (C=O) groups is 1. The highest BCUT2D eigenvalue weighted by atomic mass is 35.5. The zero-order chi connectivity index (χ0) is 18.6. The highest BCUT2D eigenvalue weighted by molar-refractivity contribution is 7.99. The normalized spacial score (nSPS) is 12.8. The van der Waals surface area contributed by atoms with Crippen molar-refractivity contribution < 1.29 is 13.9 Å². The number of halogens is 1. The van der Waals surface area contributed by atoms with E-state index in [0.29, 0.717) is 21.9 Å². The minimum absolute atomic E-state index is 0.0572. The summed E-state index contributed by atoms with van der Waals surface area (Å²) >= 11 is 7.27. The zero-order valence-corrected chi connectivity index (χ0v) is 16.1. The molecule has 0 radical (unpaired) electrons. The van der Waals surface area contributed by atoms with Gasteiger partial charge in [0.15, 0.2) is 12.4 Å². The number of hydrogen-bond donors (Lipinski definition) is 0. The quantitative estimate of drug-likeness (QED) is 0.420. The van der Waals surface area contributed by atoms with Crippen LogP contribution in [0.4, 0.5) is 0 Å². The van der Waals surface area contributed by atoms with Crippen molar-refractivity contribution in [1.29, 1.82) is 0 Å². The van der Waals surface area contributed by atoms with Crippen molar-refractivity contribution in [1.82, 2.24) is 10.2 Å². The van der Waals surface area contributed by atoms with E-state index >= 15 is 0 Å². The molecule has 0 saturated carbocycles. The molecule has 0 bridgehead atoms. The third-order valence-corrected chi connectivity index (χ3v) is 5.51. The molecule has 4 rings (SSSR count). The van der Waals surface area contributed by atoms with Crippen LogP contribution in [-0.2, 0) is 19.4 Å². The van der Waals surface area contributed by atoms with Gasteiger partial charge in [-0.25, -0.2) is 0 Å². The summed E-state index contributed by atoms with van der Waals surface area (Å²) in [5.41, 5.74) is 3.40. The highest BCUT2D eigenvalue weighted by Crippen LogP contribution is 2.26. The number of aryl methyl sites for hydroxylation is 2. The van der Waals surface area contributed by atoms with Crippen LogP contribution in [-0.4, -0.2) is 21.7 Å². The lowest BCUT2D eigenvalue weighted by atomic mass is 10.0. The van der Waals surface area contributed by atoms with Crippen molar-refractivity contribution in [2.45, 2.75) is 31.1 Å². The molecular weight excluding hydrogens is 384 g/mol. The minimum atomic E-state index is 0.0572. The van der Waals surface area contributed by atoms with Gasteiger partial charge >= 0.3 is 0 Å². The lowest BCUT2D eigenvalue weighted by Crippen LogP contribution is -2.03. The van der Waals surface area contributed by atoms with Crippen molar-refractivity contribution in [3.63, 3.8) is 0 Å². The van der Waals surface area contributed by atoms with E-state index in [-0.39, 0.29) is 18.1 Å². The standard InChI is InChI=1S/C20H17ClN2O3S/c21-16-6-1-2-7-18(16)25-11-19-22-23-20(26-19)27-12-17(24)15-9-8-13-4-3-5-14(13)10-15/h1-2,6-10H,3-5,11-12H2. The van der Waals surface area contributed by atoms with Crippen LogP contribution in [0.15, 0.2) is 52.1 Å². The summed E-state index contributed by atoms with van der Waals surface area (Å²) in [6, 6.07) is 13.2. The zero-order valence-electron chi connectivity index (χ0n) is 14.5. The molecule has 1 aliphatic carbocycles. The Balaban J connectivity index is 1.31. The number of hydrogen-bond acceptors (Lipinski definition) is 6. The Morgan fingerprint density at radius 3 is 2.89 bits per heavy atom. The number of Topliss-reactive ketones (excluding diaryl/α,β-unsaturated/α-hetero) is 1.